The summed E-state index contributed by atoms with van der Waals surface area (Å²) in [5.41, 5.74) is 0.159. The molecule has 3 aromatic rings. The first-order valence-corrected chi connectivity index (χ1v) is 8.59. The molecule has 0 aliphatic carbocycles. The zero-order valence-electron chi connectivity index (χ0n) is 15.3. The summed E-state index contributed by atoms with van der Waals surface area (Å²) in [5, 5.41) is 3.70. The first-order valence-electron chi connectivity index (χ1n) is 8.59. The second kappa shape index (κ2) is 7.97. The number of alkyl halides is 3. The molecule has 6 nitrogen and oxygen atoms in total. The van der Waals surface area contributed by atoms with E-state index in [2.05, 4.69) is 10.1 Å². The van der Waals surface area contributed by atoms with Crippen LogP contribution in [0.2, 0.25) is 0 Å². The average molecular weight is 393 g/mol. The number of hydrogen-bond acceptors (Lipinski definition) is 5. The van der Waals surface area contributed by atoms with Crippen LogP contribution in [-0.4, -0.2) is 40.4 Å². The standard InChI is InChI=1S/C19H18F3N3O3/c1-3-27-8-9-28-18(26)14-11-23-25-16(19(20,21)22)10-15(24-17(14)25)13-6-4-12(2)5-7-13/h4-7,10-11H,3,8-9H2,1-2H3. The number of nitrogens with zero attached hydrogens (tertiary/aromatic N) is 3. The van der Waals surface area contributed by atoms with Gasteiger partial charge in [-0.25, -0.2) is 14.3 Å². The molecule has 2 heterocycles. The fraction of sp³-hybridized carbons (Fsp3) is 0.316. The smallest absolute Gasteiger partial charge is 0.433 e. The molecule has 0 atom stereocenters. The van der Waals surface area contributed by atoms with Crippen LogP contribution in [-0.2, 0) is 15.7 Å². The van der Waals surface area contributed by atoms with E-state index in [1.165, 1.54) is 0 Å². The summed E-state index contributed by atoms with van der Waals surface area (Å²) < 4.78 is 51.4. The first kappa shape index (κ1) is 19.8. The number of benzene rings is 1. The van der Waals surface area contributed by atoms with Gasteiger partial charge in [0.15, 0.2) is 11.3 Å². The summed E-state index contributed by atoms with van der Waals surface area (Å²) in [6, 6.07) is 7.80. The van der Waals surface area contributed by atoms with Gasteiger partial charge in [0.25, 0.3) is 0 Å². The van der Waals surface area contributed by atoms with Gasteiger partial charge in [0, 0.05) is 12.2 Å². The third kappa shape index (κ3) is 4.14. The molecule has 0 bridgehead atoms. The third-order valence-corrected chi connectivity index (χ3v) is 3.99. The Morgan fingerprint density at radius 2 is 1.89 bits per heavy atom. The van der Waals surface area contributed by atoms with E-state index in [4.69, 9.17) is 9.47 Å². The van der Waals surface area contributed by atoms with E-state index < -0.39 is 17.8 Å². The van der Waals surface area contributed by atoms with Gasteiger partial charge in [-0.05, 0) is 19.9 Å². The highest BCUT2D eigenvalue weighted by Gasteiger charge is 2.36. The maximum Gasteiger partial charge on any atom is 0.433 e. The molecule has 0 unspecified atom stereocenters. The van der Waals surface area contributed by atoms with Crippen molar-refractivity contribution in [1.29, 1.82) is 0 Å². The van der Waals surface area contributed by atoms with Gasteiger partial charge in [-0.2, -0.15) is 18.3 Å². The number of ether oxygens (including phenoxy) is 2. The molecule has 0 amide bonds. The monoisotopic (exact) mass is 393 g/mol. The Hall–Kier alpha value is -2.94. The summed E-state index contributed by atoms with van der Waals surface area (Å²) in [4.78, 5) is 16.5. The van der Waals surface area contributed by atoms with Crippen LogP contribution in [0.15, 0.2) is 36.5 Å². The largest absolute Gasteiger partial charge is 0.460 e. The summed E-state index contributed by atoms with van der Waals surface area (Å²) in [5.74, 6) is -0.809. The normalized spacial score (nSPS) is 11.8. The van der Waals surface area contributed by atoms with Crippen molar-refractivity contribution in [3.8, 4) is 11.3 Å². The van der Waals surface area contributed by atoms with Gasteiger partial charge in [0.2, 0.25) is 0 Å². The molecule has 0 radical (unpaired) electrons. The van der Waals surface area contributed by atoms with E-state index in [1.54, 1.807) is 31.2 Å². The lowest BCUT2D eigenvalue weighted by atomic mass is 10.1. The minimum Gasteiger partial charge on any atom is -0.460 e. The lowest BCUT2D eigenvalue weighted by Gasteiger charge is -2.12. The van der Waals surface area contributed by atoms with Crippen molar-refractivity contribution in [1.82, 2.24) is 14.6 Å². The maximum absolute atomic E-state index is 13.6. The average Bonchev–Trinajstić information content (AvgIpc) is 3.08. The molecule has 3 rings (SSSR count). The van der Waals surface area contributed by atoms with Gasteiger partial charge in [0.05, 0.1) is 18.5 Å². The predicted octanol–water partition coefficient (Wildman–Crippen LogP) is 3.92. The van der Waals surface area contributed by atoms with E-state index >= 15 is 0 Å². The Kier molecular flexibility index (Phi) is 5.64. The maximum atomic E-state index is 13.6. The van der Waals surface area contributed by atoms with Crippen LogP contribution in [0.5, 0.6) is 0 Å². The molecule has 28 heavy (non-hydrogen) atoms. The Morgan fingerprint density at radius 1 is 1.18 bits per heavy atom. The van der Waals surface area contributed by atoms with Crippen molar-refractivity contribution in [3.05, 3.63) is 53.3 Å². The van der Waals surface area contributed by atoms with E-state index in [-0.39, 0.29) is 30.1 Å². The van der Waals surface area contributed by atoms with Crippen molar-refractivity contribution in [2.24, 2.45) is 0 Å². The van der Waals surface area contributed by atoms with Crippen LogP contribution < -0.4 is 0 Å². The van der Waals surface area contributed by atoms with Gasteiger partial charge in [-0.15, -0.1) is 0 Å². The van der Waals surface area contributed by atoms with Crippen molar-refractivity contribution in [2.75, 3.05) is 19.8 Å². The molecule has 0 spiro atoms. The molecule has 0 fully saturated rings. The van der Waals surface area contributed by atoms with Crippen LogP contribution >= 0.6 is 0 Å². The predicted molar refractivity (Wildman–Crippen MR) is 94.9 cm³/mol. The second-order valence-electron chi connectivity index (χ2n) is 6.02. The fourth-order valence-electron chi connectivity index (χ4n) is 2.60. The number of hydrogen-bond donors (Lipinski definition) is 0. The number of esters is 1. The number of rotatable bonds is 6. The quantitative estimate of drug-likeness (QED) is 0.469. The van der Waals surface area contributed by atoms with Crippen molar-refractivity contribution < 1.29 is 27.4 Å². The summed E-state index contributed by atoms with van der Waals surface area (Å²) >= 11 is 0. The SMILES string of the molecule is CCOCCOC(=O)c1cnn2c(C(F)(F)F)cc(-c3ccc(C)cc3)nc12. The molecule has 0 aliphatic heterocycles. The summed E-state index contributed by atoms with van der Waals surface area (Å²) in [6.45, 7) is 4.30. The first-order chi connectivity index (χ1) is 13.3. The van der Waals surface area contributed by atoms with Crippen LogP contribution in [0.1, 0.15) is 28.5 Å². The third-order valence-electron chi connectivity index (χ3n) is 3.99. The zero-order chi connectivity index (χ0) is 20.3. The highest BCUT2D eigenvalue weighted by molar-refractivity contribution is 5.96. The Balaban J connectivity index is 2.06. The fourth-order valence-corrected chi connectivity index (χ4v) is 2.60. The van der Waals surface area contributed by atoms with Crippen molar-refractivity contribution in [2.45, 2.75) is 20.0 Å². The number of carbonyl (C=O) groups is 1. The topological polar surface area (TPSA) is 65.7 Å². The Morgan fingerprint density at radius 3 is 2.54 bits per heavy atom. The molecule has 9 heteroatoms. The van der Waals surface area contributed by atoms with E-state index in [0.29, 0.717) is 16.7 Å². The highest BCUT2D eigenvalue weighted by atomic mass is 19.4. The number of fused-ring (bicyclic) bond motifs is 1. The van der Waals surface area contributed by atoms with E-state index in [0.717, 1.165) is 17.8 Å². The highest BCUT2D eigenvalue weighted by Crippen LogP contribution is 2.32. The van der Waals surface area contributed by atoms with E-state index in [1.807, 2.05) is 6.92 Å². The molecule has 2 aromatic heterocycles. The molecule has 0 aliphatic rings. The second-order valence-corrected chi connectivity index (χ2v) is 6.02. The molecule has 1 aromatic carbocycles. The van der Waals surface area contributed by atoms with Gasteiger partial charge in [-0.1, -0.05) is 29.8 Å². The molecule has 0 N–H and O–H groups in total. The van der Waals surface area contributed by atoms with Gasteiger partial charge in [0.1, 0.15) is 12.2 Å². The van der Waals surface area contributed by atoms with E-state index in [9.17, 15) is 18.0 Å². The van der Waals surface area contributed by atoms with Gasteiger partial charge >= 0.3 is 12.1 Å². The van der Waals surface area contributed by atoms with Crippen LogP contribution in [0.3, 0.4) is 0 Å². The Labute approximate surface area is 158 Å². The summed E-state index contributed by atoms with van der Waals surface area (Å²) in [7, 11) is 0. The number of halogens is 3. The minimum atomic E-state index is -4.68. The van der Waals surface area contributed by atoms with Crippen LogP contribution in [0.25, 0.3) is 16.9 Å². The molecule has 0 saturated heterocycles. The zero-order valence-corrected chi connectivity index (χ0v) is 15.3. The number of aromatic nitrogens is 3. The lowest BCUT2D eigenvalue weighted by Crippen LogP contribution is -2.15. The minimum absolute atomic E-state index is 0.0200. The van der Waals surface area contributed by atoms with Crippen molar-refractivity contribution >= 4 is 11.6 Å². The van der Waals surface area contributed by atoms with Gasteiger partial charge in [-0.3, -0.25) is 0 Å². The summed E-state index contributed by atoms with van der Waals surface area (Å²) in [6.07, 6.45) is -3.65. The van der Waals surface area contributed by atoms with Gasteiger partial charge < -0.3 is 9.47 Å². The van der Waals surface area contributed by atoms with Crippen LogP contribution in [0, 0.1) is 6.92 Å². The van der Waals surface area contributed by atoms with Crippen molar-refractivity contribution in [3.63, 3.8) is 0 Å². The number of aryl methyl sites for hydroxylation is 1. The number of carbonyl (C=O) groups excluding carboxylic acids is 1. The molecular formula is C19H18F3N3O3. The molecular weight excluding hydrogens is 375 g/mol. The van der Waals surface area contributed by atoms with Crippen LogP contribution in [0.4, 0.5) is 13.2 Å². The lowest BCUT2D eigenvalue weighted by molar-refractivity contribution is -0.142. The molecule has 0 saturated carbocycles. The molecule has 148 valence electrons. The Bertz CT molecular complexity index is 982.